The zero-order valence-electron chi connectivity index (χ0n) is 21.4. The Morgan fingerprint density at radius 1 is 0.743 bits per heavy atom. The minimum atomic E-state index is -0.175. The number of β-amino-alcohol motifs (C(OH)–C–C–N with tert-alkyl or cyclic N) is 2. The van der Waals surface area contributed by atoms with Crippen molar-refractivity contribution in [3.05, 3.63) is 47.5 Å². The van der Waals surface area contributed by atoms with Crippen molar-refractivity contribution in [3.63, 3.8) is 0 Å². The molecule has 2 fully saturated rings. The maximum atomic E-state index is 9.85. The second-order valence-corrected chi connectivity index (χ2v) is 10.1. The van der Waals surface area contributed by atoms with Crippen molar-refractivity contribution in [2.75, 3.05) is 52.5 Å². The molecule has 2 aromatic rings. The van der Waals surface area contributed by atoms with Gasteiger partial charge in [0.15, 0.2) is 0 Å². The summed E-state index contributed by atoms with van der Waals surface area (Å²) in [6.45, 7) is 11.2. The Kier molecular flexibility index (Phi) is 9.44. The number of rotatable bonds is 11. The van der Waals surface area contributed by atoms with E-state index in [4.69, 9.17) is 9.47 Å². The molecule has 0 aromatic heterocycles. The lowest BCUT2D eigenvalue weighted by atomic mass is 9.95. The van der Waals surface area contributed by atoms with Gasteiger partial charge in [-0.25, -0.2) is 0 Å². The lowest BCUT2D eigenvalue weighted by Crippen LogP contribution is -2.39. The topological polar surface area (TPSA) is 65.4 Å². The number of aliphatic hydroxyl groups is 2. The highest BCUT2D eigenvalue weighted by atomic mass is 16.5. The molecular weight excluding hydrogens is 440 g/mol. The molecular formula is C29H42N2O4. The van der Waals surface area contributed by atoms with E-state index in [9.17, 15) is 10.2 Å². The Hall–Kier alpha value is -2.12. The Labute approximate surface area is 210 Å². The minimum absolute atomic E-state index is 0.165. The first kappa shape index (κ1) is 26.0. The Balaban J connectivity index is 1.31. The fourth-order valence-electron chi connectivity index (χ4n) is 5.32. The van der Waals surface area contributed by atoms with Crippen LogP contribution in [0.4, 0.5) is 0 Å². The van der Waals surface area contributed by atoms with Crippen molar-refractivity contribution >= 4 is 0 Å². The van der Waals surface area contributed by atoms with Crippen LogP contribution in [-0.4, -0.2) is 84.7 Å². The third-order valence-electron chi connectivity index (χ3n) is 7.34. The van der Waals surface area contributed by atoms with Gasteiger partial charge in [0.25, 0.3) is 0 Å². The normalized spacial score (nSPS) is 21.4. The smallest absolute Gasteiger partial charge is 0.122 e. The van der Waals surface area contributed by atoms with Crippen LogP contribution in [0.1, 0.15) is 43.2 Å². The van der Waals surface area contributed by atoms with Crippen LogP contribution in [0.5, 0.6) is 11.5 Å². The Morgan fingerprint density at radius 2 is 1.26 bits per heavy atom. The predicted octanol–water partition coefficient (Wildman–Crippen LogP) is 4.03. The maximum absolute atomic E-state index is 9.85. The summed E-state index contributed by atoms with van der Waals surface area (Å²) in [5.41, 5.74) is 4.65. The quantitative estimate of drug-likeness (QED) is 0.472. The minimum Gasteiger partial charge on any atom is -0.493 e. The maximum Gasteiger partial charge on any atom is 0.122 e. The van der Waals surface area contributed by atoms with Gasteiger partial charge in [0, 0.05) is 32.7 Å². The van der Waals surface area contributed by atoms with Crippen molar-refractivity contribution in [3.8, 4) is 22.6 Å². The first-order valence-corrected chi connectivity index (χ1v) is 13.3. The fourth-order valence-corrected chi connectivity index (χ4v) is 5.32. The highest BCUT2D eigenvalue weighted by Gasteiger charge is 2.20. The molecule has 0 saturated carbocycles. The molecule has 35 heavy (non-hydrogen) atoms. The van der Waals surface area contributed by atoms with Gasteiger partial charge in [-0.05, 0) is 86.9 Å². The molecule has 0 unspecified atom stereocenters. The van der Waals surface area contributed by atoms with Crippen molar-refractivity contribution in [2.24, 2.45) is 0 Å². The predicted molar refractivity (Wildman–Crippen MR) is 140 cm³/mol. The summed E-state index contributed by atoms with van der Waals surface area (Å²) < 4.78 is 12.3. The van der Waals surface area contributed by atoms with Crippen LogP contribution in [0.25, 0.3) is 11.1 Å². The molecule has 2 N–H and O–H groups in total. The second kappa shape index (κ2) is 12.7. The van der Waals surface area contributed by atoms with E-state index >= 15 is 0 Å². The van der Waals surface area contributed by atoms with Crippen LogP contribution >= 0.6 is 0 Å². The van der Waals surface area contributed by atoms with Gasteiger partial charge in [0.2, 0.25) is 0 Å². The second-order valence-electron chi connectivity index (χ2n) is 10.1. The molecule has 0 spiro atoms. The molecule has 2 aromatic carbocycles. The molecule has 2 atom stereocenters. The number of aliphatic hydroxyl groups excluding tert-OH is 2. The van der Waals surface area contributed by atoms with Crippen molar-refractivity contribution in [1.82, 2.24) is 9.80 Å². The van der Waals surface area contributed by atoms with E-state index in [1.165, 1.54) is 11.1 Å². The van der Waals surface area contributed by atoms with Crippen molar-refractivity contribution < 1.29 is 19.7 Å². The highest BCUT2D eigenvalue weighted by Crippen LogP contribution is 2.35. The van der Waals surface area contributed by atoms with E-state index in [1.807, 2.05) is 6.07 Å². The molecule has 192 valence electrons. The molecule has 0 amide bonds. The molecule has 4 rings (SSSR count). The monoisotopic (exact) mass is 482 g/mol. The van der Waals surface area contributed by atoms with E-state index < -0.39 is 0 Å². The van der Waals surface area contributed by atoms with Crippen LogP contribution in [0, 0.1) is 13.8 Å². The average molecular weight is 483 g/mol. The Bertz CT molecular complexity index is 950. The number of hydrogen-bond acceptors (Lipinski definition) is 6. The van der Waals surface area contributed by atoms with E-state index in [2.05, 4.69) is 54.0 Å². The fraction of sp³-hybridized carbons (Fsp3) is 0.586. The number of ether oxygens (including phenoxy) is 2. The summed E-state index contributed by atoms with van der Waals surface area (Å²) in [4.78, 5) is 4.65. The van der Waals surface area contributed by atoms with E-state index in [0.29, 0.717) is 13.2 Å². The SMILES string of the molecule is Cc1c(OCCCN2CCC[C@@H](O)C2)cccc1-c1cccc(OCCCN2CC[C@@H](O)C2)c1C. The van der Waals surface area contributed by atoms with Gasteiger partial charge in [-0.2, -0.15) is 0 Å². The van der Waals surface area contributed by atoms with Crippen LogP contribution < -0.4 is 9.47 Å². The van der Waals surface area contributed by atoms with E-state index in [-0.39, 0.29) is 12.2 Å². The van der Waals surface area contributed by atoms with Gasteiger partial charge in [-0.3, -0.25) is 0 Å². The number of benzene rings is 2. The lowest BCUT2D eigenvalue weighted by Gasteiger charge is -2.29. The molecule has 2 aliphatic rings. The average Bonchev–Trinajstić information content (AvgIpc) is 3.26. The standard InChI is InChI=1S/C29H42N2O4/c1-22-26(9-3-11-28(22)34-18-6-15-30-14-5-8-24(32)20-30)27-10-4-12-29(23(27)2)35-19-7-16-31-17-13-25(33)21-31/h3-4,9-12,24-25,32-33H,5-8,13-21H2,1-2H3/t24-,25-/m1/s1. The number of piperidine rings is 1. The Morgan fingerprint density at radius 3 is 1.77 bits per heavy atom. The van der Waals surface area contributed by atoms with Crippen LogP contribution in [0.2, 0.25) is 0 Å². The van der Waals surface area contributed by atoms with Crippen LogP contribution in [-0.2, 0) is 0 Å². The van der Waals surface area contributed by atoms with Gasteiger partial charge < -0.3 is 29.5 Å². The molecule has 6 heteroatoms. The number of likely N-dealkylation sites (tertiary alicyclic amines) is 2. The molecule has 0 bridgehead atoms. The summed E-state index contributed by atoms with van der Waals surface area (Å²) in [6, 6.07) is 12.5. The molecule has 2 aliphatic heterocycles. The molecule has 6 nitrogen and oxygen atoms in total. The molecule has 0 radical (unpaired) electrons. The third-order valence-corrected chi connectivity index (χ3v) is 7.34. The highest BCUT2D eigenvalue weighted by molar-refractivity contribution is 5.74. The largest absolute Gasteiger partial charge is 0.493 e. The van der Waals surface area contributed by atoms with Gasteiger partial charge in [0.05, 0.1) is 25.4 Å². The first-order chi connectivity index (χ1) is 17.0. The summed E-state index contributed by atoms with van der Waals surface area (Å²) >= 11 is 0. The van der Waals surface area contributed by atoms with Crippen LogP contribution in [0.3, 0.4) is 0 Å². The van der Waals surface area contributed by atoms with Gasteiger partial charge in [0.1, 0.15) is 11.5 Å². The van der Waals surface area contributed by atoms with Crippen molar-refractivity contribution in [1.29, 1.82) is 0 Å². The zero-order chi connectivity index (χ0) is 24.6. The van der Waals surface area contributed by atoms with Crippen LogP contribution in [0.15, 0.2) is 36.4 Å². The van der Waals surface area contributed by atoms with Gasteiger partial charge in [-0.1, -0.05) is 24.3 Å². The molecule has 0 aliphatic carbocycles. The van der Waals surface area contributed by atoms with E-state index in [1.54, 1.807) is 0 Å². The third kappa shape index (κ3) is 7.20. The van der Waals surface area contributed by atoms with Gasteiger partial charge >= 0.3 is 0 Å². The summed E-state index contributed by atoms with van der Waals surface area (Å²) in [7, 11) is 0. The number of nitrogens with zero attached hydrogens (tertiary/aromatic N) is 2. The summed E-state index contributed by atoms with van der Waals surface area (Å²) in [5.74, 6) is 1.86. The summed E-state index contributed by atoms with van der Waals surface area (Å²) in [6.07, 6.45) is 4.45. The zero-order valence-corrected chi connectivity index (χ0v) is 21.4. The summed E-state index contributed by atoms with van der Waals surface area (Å²) in [5, 5.41) is 19.5. The van der Waals surface area contributed by atoms with Gasteiger partial charge in [-0.15, -0.1) is 0 Å². The number of hydrogen-bond donors (Lipinski definition) is 2. The molecule has 2 heterocycles. The van der Waals surface area contributed by atoms with E-state index in [0.717, 1.165) is 94.0 Å². The first-order valence-electron chi connectivity index (χ1n) is 13.3. The van der Waals surface area contributed by atoms with Crippen molar-refractivity contribution in [2.45, 2.75) is 58.2 Å². The lowest BCUT2D eigenvalue weighted by molar-refractivity contribution is 0.0679. The molecule has 2 saturated heterocycles.